The number of aromatic nitrogens is 1. The van der Waals surface area contributed by atoms with Crippen molar-refractivity contribution in [3.63, 3.8) is 0 Å². The summed E-state index contributed by atoms with van der Waals surface area (Å²) in [5.41, 5.74) is 2.20. The molecule has 4 nitrogen and oxygen atoms in total. The molecule has 1 aromatic heterocycles. The minimum Gasteiger partial charge on any atom is -0.491 e. The Morgan fingerprint density at radius 3 is 2.86 bits per heavy atom. The van der Waals surface area contributed by atoms with E-state index in [1.54, 1.807) is 11.3 Å². The summed E-state index contributed by atoms with van der Waals surface area (Å²) in [5.74, 6) is 0.798. The Morgan fingerprint density at radius 2 is 2.19 bits per heavy atom. The van der Waals surface area contributed by atoms with Gasteiger partial charge >= 0.3 is 0 Å². The highest BCUT2D eigenvalue weighted by Gasteiger charge is 2.11. The molecule has 0 saturated carbocycles. The molecule has 0 spiro atoms. The molecular weight excluding hydrogens is 284 g/mol. The van der Waals surface area contributed by atoms with Crippen molar-refractivity contribution >= 4 is 11.3 Å². The minimum atomic E-state index is -0.517. The van der Waals surface area contributed by atoms with Gasteiger partial charge in [-0.15, -0.1) is 11.3 Å². The lowest BCUT2D eigenvalue weighted by Crippen LogP contribution is -2.32. The Morgan fingerprint density at radius 1 is 1.38 bits per heavy atom. The quantitative estimate of drug-likeness (QED) is 0.854. The van der Waals surface area contributed by atoms with Crippen molar-refractivity contribution in [2.45, 2.75) is 26.5 Å². The number of benzene rings is 1. The van der Waals surface area contributed by atoms with Gasteiger partial charge in [0.2, 0.25) is 0 Å². The zero-order valence-corrected chi connectivity index (χ0v) is 13.6. The third-order valence-electron chi connectivity index (χ3n) is 3.03. The molecular formula is C16H22N2O2S. The molecule has 5 heteroatoms. The number of aliphatic hydroxyl groups is 1. The van der Waals surface area contributed by atoms with Crippen LogP contribution in [0.15, 0.2) is 29.6 Å². The van der Waals surface area contributed by atoms with Crippen LogP contribution >= 0.6 is 11.3 Å². The van der Waals surface area contributed by atoms with Gasteiger partial charge in [-0.2, -0.15) is 0 Å². The molecule has 0 aliphatic heterocycles. The molecule has 1 heterocycles. The fraction of sp³-hybridized carbons (Fsp3) is 0.438. The van der Waals surface area contributed by atoms with Crippen molar-refractivity contribution in [3.05, 3.63) is 45.9 Å². The van der Waals surface area contributed by atoms with Gasteiger partial charge in [0.15, 0.2) is 0 Å². The summed E-state index contributed by atoms with van der Waals surface area (Å²) in [7, 11) is 1.98. The van der Waals surface area contributed by atoms with E-state index >= 15 is 0 Å². The van der Waals surface area contributed by atoms with Crippen molar-refractivity contribution in [2.75, 3.05) is 20.2 Å². The van der Waals surface area contributed by atoms with Crippen LogP contribution in [0.4, 0.5) is 0 Å². The smallest absolute Gasteiger partial charge is 0.119 e. The molecule has 2 rings (SSSR count). The predicted molar refractivity (Wildman–Crippen MR) is 85.9 cm³/mol. The van der Waals surface area contributed by atoms with E-state index < -0.39 is 6.10 Å². The fourth-order valence-electron chi connectivity index (χ4n) is 2.08. The standard InChI is InChI=1S/C16H22N2O2S/c1-12-5-4-6-15(7-12)20-10-14(19)8-18(3)9-16-17-13(2)11-21-16/h4-7,11,14,19H,8-10H2,1-3H3. The van der Waals surface area contributed by atoms with E-state index in [-0.39, 0.29) is 0 Å². The van der Waals surface area contributed by atoms with Crippen LogP contribution in [0.3, 0.4) is 0 Å². The van der Waals surface area contributed by atoms with Crippen LogP contribution in [0.2, 0.25) is 0 Å². The van der Waals surface area contributed by atoms with Gasteiger partial charge in [0.1, 0.15) is 23.5 Å². The molecule has 21 heavy (non-hydrogen) atoms. The van der Waals surface area contributed by atoms with Crippen LogP contribution in [0.1, 0.15) is 16.3 Å². The van der Waals surface area contributed by atoms with Gasteiger partial charge in [0.05, 0.1) is 6.54 Å². The van der Waals surface area contributed by atoms with Crippen LogP contribution < -0.4 is 4.74 Å². The average molecular weight is 306 g/mol. The normalized spacial score (nSPS) is 12.6. The summed E-state index contributed by atoms with van der Waals surface area (Å²) in [4.78, 5) is 6.48. The lowest BCUT2D eigenvalue weighted by molar-refractivity contribution is 0.0743. The highest BCUT2D eigenvalue weighted by Crippen LogP contribution is 2.13. The number of thiazole rings is 1. The molecule has 1 atom stereocenters. The summed E-state index contributed by atoms with van der Waals surface area (Å²) in [6.45, 7) is 5.62. The molecule has 2 aromatic rings. The maximum Gasteiger partial charge on any atom is 0.119 e. The fourth-order valence-corrected chi connectivity index (χ4v) is 2.93. The van der Waals surface area contributed by atoms with Crippen molar-refractivity contribution in [1.82, 2.24) is 9.88 Å². The molecule has 0 bridgehead atoms. The first kappa shape index (κ1) is 15.9. The second kappa shape index (κ2) is 7.54. The lowest BCUT2D eigenvalue weighted by Gasteiger charge is -2.19. The first-order chi connectivity index (χ1) is 10.0. The number of nitrogens with zero attached hydrogens (tertiary/aromatic N) is 2. The highest BCUT2D eigenvalue weighted by molar-refractivity contribution is 7.09. The first-order valence-electron chi connectivity index (χ1n) is 7.00. The number of aryl methyl sites for hydroxylation is 2. The van der Waals surface area contributed by atoms with Gasteiger partial charge in [-0.25, -0.2) is 4.98 Å². The molecule has 1 N–H and O–H groups in total. The van der Waals surface area contributed by atoms with Crippen LogP contribution in [0, 0.1) is 13.8 Å². The van der Waals surface area contributed by atoms with Gasteiger partial charge in [-0.1, -0.05) is 12.1 Å². The topological polar surface area (TPSA) is 45.6 Å². The van der Waals surface area contributed by atoms with E-state index in [0.717, 1.165) is 28.6 Å². The number of aliphatic hydroxyl groups excluding tert-OH is 1. The van der Waals surface area contributed by atoms with Crippen molar-refractivity contribution in [1.29, 1.82) is 0 Å². The number of ether oxygens (including phenoxy) is 1. The van der Waals surface area contributed by atoms with Gasteiger partial charge in [-0.05, 0) is 38.6 Å². The SMILES string of the molecule is Cc1cccc(OCC(O)CN(C)Cc2nc(C)cs2)c1. The summed E-state index contributed by atoms with van der Waals surface area (Å²) < 4.78 is 5.61. The monoisotopic (exact) mass is 306 g/mol. The molecule has 0 amide bonds. The lowest BCUT2D eigenvalue weighted by atomic mass is 10.2. The Balaban J connectivity index is 1.74. The molecule has 1 aromatic carbocycles. The average Bonchev–Trinajstić information content (AvgIpc) is 2.81. The van der Waals surface area contributed by atoms with E-state index in [4.69, 9.17) is 4.74 Å². The number of hydrogen-bond donors (Lipinski definition) is 1. The highest BCUT2D eigenvalue weighted by atomic mass is 32.1. The molecule has 0 aliphatic rings. The Hall–Kier alpha value is -1.43. The van der Waals surface area contributed by atoms with Gasteiger partial charge in [0, 0.05) is 17.6 Å². The Labute approximate surface area is 130 Å². The maximum absolute atomic E-state index is 10.0. The minimum absolute atomic E-state index is 0.296. The summed E-state index contributed by atoms with van der Waals surface area (Å²) in [5, 5.41) is 13.2. The third kappa shape index (κ3) is 5.46. The zero-order valence-electron chi connectivity index (χ0n) is 12.7. The van der Waals surface area contributed by atoms with Crippen LogP contribution in [-0.2, 0) is 6.54 Å². The van der Waals surface area contributed by atoms with Crippen molar-refractivity contribution in [3.8, 4) is 5.75 Å². The second-order valence-corrected chi connectivity index (χ2v) is 6.30. The first-order valence-corrected chi connectivity index (χ1v) is 7.88. The van der Waals surface area contributed by atoms with Crippen molar-refractivity contribution in [2.24, 2.45) is 0 Å². The number of rotatable bonds is 7. The molecule has 1 unspecified atom stereocenters. The van der Waals surface area contributed by atoms with E-state index in [9.17, 15) is 5.11 Å². The largest absolute Gasteiger partial charge is 0.491 e. The number of hydrogen-bond acceptors (Lipinski definition) is 5. The molecule has 0 radical (unpaired) electrons. The van der Waals surface area contributed by atoms with E-state index in [0.29, 0.717) is 13.2 Å². The van der Waals surface area contributed by atoms with E-state index in [1.165, 1.54) is 0 Å². The maximum atomic E-state index is 10.0. The van der Waals surface area contributed by atoms with Gasteiger partial charge in [-0.3, -0.25) is 4.90 Å². The molecule has 0 fully saturated rings. The second-order valence-electron chi connectivity index (χ2n) is 5.36. The third-order valence-corrected chi connectivity index (χ3v) is 3.98. The van der Waals surface area contributed by atoms with Crippen LogP contribution in [0.25, 0.3) is 0 Å². The van der Waals surface area contributed by atoms with Crippen molar-refractivity contribution < 1.29 is 9.84 Å². The van der Waals surface area contributed by atoms with Crippen LogP contribution in [-0.4, -0.2) is 41.3 Å². The summed E-state index contributed by atoms with van der Waals surface area (Å²) in [6.07, 6.45) is -0.517. The Kier molecular flexibility index (Phi) is 5.73. The summed E-state index contributed by atoms with van der Waals surface area (Å²) >= 11 is 1.65. The van der Waals surface area contributed by atoms with Gasteiger partial charge < -0.3 is 9.84 Å². The predicted octanol–water partition coefficient (Wildman–Crippen LogP) is 2.63. The molecule has 114 valence electrons. The number of likely N-dealkylation sites (N-methyl/N-ethyl adjacent to an activating group) is 1. The van der Waals surface area contributed by atoms with Crippen LogP contribution in [0.5, 0.6) is 5.75 Å². The zero-order chi connectivity index (χ0) is 15.2. The van der Waals surface area contributed by atoms with E-state index in [2.05, 4.69) is 9.88 Å². The molecule has 0 aliphatic carbocycles. The summed E-state index contributed by atoms with van der Waals surface area (Å²) in [6, 6.07) is 7.84. The molecule has 0 saturated heterocycles. The van der Waals surface area contributed by atoms with E-state index in [1.807, 2.05) is 50.5 Å². The Bertz CT molecular complexity index is 571. The van der Waals surface area contributed by atoms with Gasteiger partial charge in [0.25, 0.3) is 0 Å².